The van der Waals surface area contributed by atoms with Crippen LogP contribution in [0.15, 0.2) is 16.7 Å². The Bertz CT molecular complexity index is 427. The summed E-state index contributed by atoms with van der Waals surface area (Å²) in [5.41, 5.74) is 0.901. The van der Waals surface area contributed by atoms with Crippen molar-refractivity contribution in [3.8, 4) is 0 Å². The molecule has 1 amide bonds. The van der Waals surface area contributed by atoms with E-state index in [1.165, 1.54) is 6.42 Å². The molecule has 2 rings (SSSR count). The van der Waals surface area contributed by atoms with Crippen molar-refractivity contribution in [2.24, 2.45) is 5.92 Å². The number of carbonyl (C=O) groups is 1. The predicted octanol–water partition coefficient (Wildman–Crippen LogP) is 2.87. The summed E-state index contributed by atoms with van der Waals surface area (Å²) in [5.74, 6) is 1.16. The van der Waals surface area contributed by atoms with Crippen LogP contribution in [0.2, 0.25) is 0 Å². The molecule has 0 bridgehead atoms. The van der Waals surface area contributed by atoms with Crippen molar-refractivity contribution in [2.75, 3.05) is 20.3 Å². The number of ether oxygens (including phenoxy) is 1. The summed E-state index contributed by atoms with van der Waals surface area (Å²) >= 11 is 0. The van der Waals surface area contributed by atoms with E-state index in [9.17, 15) is 4.79 Å². The average molecular weight is 265 g/mol. The maximum atomic E-state index is 12.6. The van der Waals surface area contributed by atoms with Crippen molar-refractivity contribution >= 4 is 5.91 Å². The van der Waals surface area contributed by atoms with Gasteiger partial charge in [0.25, 0.3) is 5.91 Å². The summed E-state index contributed by atoms with van der Waals surface area (Å²) in [6.07, 6.45) is 4.93. The molecule has 0 aromatic carbocycles. The van der Waals surface area contributed by atoms with Crippen LogP contribution in [0.4, 0.5) is 0 Å². The van der Waals surface area contributed by atoms with Crippen LogP contribution in [-0.2, 0) is 4.74 Å². The van der Waals surface area contributed by atoms with E-state index < -0.39 is 0 Å². The normalized spacial score (nSPS) is 22.7. The number of nitrogens with zero attached hydrogens (tertiary/aromatic N) is 1. The molecule has 1 saturated carbocycles. The fraction of sp³-hybridized carbons (Fsp3) is 0.667. The van der Waals surface area contributed by atoms with Crippen molar-refractivity contribution in [1.82, 2.24) is 4.90 Å². The Morgan fingerprint density at radius 3 is 2.84 bits per heavy atom. The van der Waals surface area contributed by atoms with Gasteiger partial charge >= 0.3 is 0 Å². The van der Waals surface area contributed by atoms with Gasteiger partial charge in [0.1, 0.15) is 0 Å². The van der Waals surface area contributed by atoms with Crippen LogP contribution < -0.4 is 0 Å². The summed E-state index contributed by atoms with van der Waals surface area (Å²) in [6, 6.07) is 2.15. The van der Waals surface area contributed by atoms with E-state index in [1.807, 2.05) is 17.9 Å². The monoisotopic (exact) mass is 265 g/mol. The maximum Gasteiger partial charge on any atom is 0.290 e. The summed E-state index contributed by atoms with van der Waals surface area (Å²) in [6.45, 7) is 5.35. The number of hydrogen-bond acceptors (Lipinski definition) is 3. The predicted molar refractivity (Wildman–Crippen MR) is 73.2 cm³/mol. The number of methoxy groups -OCH3 is 1. The molecule has 1 aliphatic carbocycles. The Hall–Kier alpha value is -1.29. The van der Waals surface area contributed by atoms with Crippen LogP contribution >= 0.6 is 0 Å². The topological polar surface area (TPSA) is 42.7 Å². The van der Waals surface area contributed by atoms with Crippen LogP contribution in [0.1, 0.15) is 42.3 Å². The molecule has 2 unspecified atom stereocenters. The van der Waals surface area contributed by atoms with Crippen LogP contribution in [0.3, 0.4) is 0 Å². The van der Waals surface area contributed by atoms with Crippen molar-refractivity contribution in [1.29, 1.82) is 0 Å². The van der Waals surface area contributed by atoms with Crippen molar-refractivity contribution in [2.45, 2.75) is 39.2 Å². The van der Waals surface area contributed by atoms with E-state index in [1.54, 1.807) is 13.4 Å². The highest BCUT2D eigenvalue weighted by Gasteiger charge is 2.32. The van der Waals surface area contributed by atoms with Gasteiger partial charge in [-0.2, -0.15) is 0 Å². The molecule has 0 aliphatic heterocycles. The molecule has 4 nitrogen and oxygen atoms in total. The molecule has 0 radical (unpaired) electrons. The smallest absolute Gasteiger partial charge is 0.290 e. The molecular formula is C15H23NO3. The van der Waals surface area contributed by atoms with Gasteiger partial charge in [-0.05, 0) is 38.2 Å². The second-order valence-electron chi connectivity index (χ2n) is 5.50. The largest absolute Gasteiger partial charge is 0.459 e. The number of furan rings is 1. The first kappa shape index (κ1) is 14.1. The lowest BCUT2D eigenvalue weighted by Gasteiger charge is -2.28. The summed E-state index contributed by atoms with van der Waals surface area (Å²) in [7, 11) is 1.66. The van der Waals surface area contributed by atoms with Gasteiger partial charge in [0.2, 0.25) is 0 Å². The zero-order chi connectivity index (χ0) is 13.8. The van der Waals surface area contributed by atoms with Crippen molar-refractivity contribution < 1.29 is 13.9 Å². The van der Waals surface area contributed by atoms with E-state index in [0.29, 0.717) is 30.9 Å². The van der Waals surface area contributed by atoms with E-state index in [-0.39, 0.29) is 5.91 Å². The Morgan fingerprint density at radius 1 is 1.53 bits per heavy atom. The molecule has 19 heavy (non-hydrogen) atoms. The van der Waals surface area contributed by atoms with Gasteiger partial charge in [0.15, 0.2) is 5.76 Å². The second-order valence-corrected chi connectivity index (χ2v) is 5.50. The SMILES string of the molecule is COCCN(C(=O)c1occc1C)C1CCC(C)C1. The highest BCUT2D eigenvalue weighted by molar-refractivity contribution is 5.93. The fourth-order valence-electron chi connectivity index (χ4n) is 2.82. The van der Waals surface area contributed by atoms with Gasteiger partial charge in [0, 0.05) is 25.3 Å². The molecule has 1 aromatic rings. The highest BCUT2D eigenvalue weighted by atomic mass is 16.5. The number of aryl methyl sites for hydroxylation is 1. The summed E-state index contributed by atoms with van der Waals surface area (Å²) < 4.78 is 10.5. The lowest BCUT2D eigenvalue weighted by Crippen LogP contribution is -2.41. The van der Waals surface area contributed by atoms with Gasteiger partial charge in [-0.3, -0.25) is 4.79 Å². The van der Waals surface area contributed by atoms with Crippen molar-refractivity contribution in [3.05, 3.63) is 23.7 Å². The third-order valence-corrected chi connectivity index (χ3v) is 3.96. The first-order chi connectivity index (χ1) is 9.13. The van der Waals surface area contributed by atoms with Crippen LogP contribution in [0.25, 0.3) is 0 Å². The minimum atomic E-state index is -0.00125. The third-order valence-electron chi connectivity index (χ3n) is 3.96. The Morgan fingerprint density at radius 2 is 2.32 bits per heavy atom. The molecular weight excluding hydrogens is 242 g/mol. The summed E-state index contributed by atoms with van der Waals surface area (Å²) in [4.78, 5) is 14.5. The highest BCUT2D eigenvalue weighted by Crippen LogP contribution is 2.30. The first-order valence-corrected chi connectivity index (χ1v) is 6.97. The number of amides is 1. The molecule has 1 fully saturated rings. The molecule has 0 saturated heterocycles. The minimum Gasteiger partial charge on any atom is -0.459 e. The number of carbonyl (C=O) groups excluding carboxylic acids is 1. The molecule has 0 N–H and O–H groups in total. The standard InChI is InChI=1S/C15H23NO3/c1-11-4-5-13(10-11)16(7-9-18-3)15(17)14-12(2)6-8-19-14/h6,8,11,13H,4-5,7,9-10H2,1-3H3. The van der Waals surface area contributed by atoms with E-state index >= 15 is 0 Å². The lowest BCUT2D eigenvalue weighted by molar-refractivity contribution is 0.0570. The molecule has 0 spiro atoms. The first-order valence-electron chi connectivity index (χ1n) is 6.97. The van der Waals surface area contributed by atoms with Crippen LogP contribution in [0.5, 0.6) is 0 Å². The maximum absolute atomic E-state index is 12.6. The van der Waals surface area contributed by atoms with Crippen LogP contribution in [0, 0.1) is 12.8 Å². The molecule has 4 heteroatoms. The molecule has 1 heterocycles. The third kappa shape index (κ3) is 3.18. The fourth-order valence-corrected chi connectivity index (χ4v) is 2.82. The number of rotatable bonds is 5. The molecule has 2 atom stereocenters. The zero-order valence-corrected chi connectivity index (χ0v) is 12.0. The van der Waals surface area contributed by atoms with E-state index in [0.717, 1.165) is 18.4 Å². The minimum absolute atomic E-state index is 0.00125. The average Bonchev–Trinajstić information content (AvgIpc) is 2.98. The van der Waals surface area contributed by atoms with Gasteiger partial charge in [0.05, 0.1) is 12.9 Å². The van der Waals surface area contributed by atoms with E-state index in [2.05, 4.69) is 6.92 Å². The molecule has 106 valence electrons. The van der Waals surface area contributed by atoms with Gasteiger partial charge in [-0.25, -0.2) is 0 Å². The van der Waals surface area contributed by atoms with Gasteiger partial charge in [-0.15, -0.1) is 0 Å². The Balaban J connectivity index is 2.13. The zero-order valence-electron chi connectivity index (χ0n) is 12.0. The molecule has 1 aliphatic rings. The van der Waals surface area contributed by atoms with E-state index in [4.69, 9.17) is 9.15 Å². The van der Waals surface area contributed by atoms with Crippen molar-refractivity contribution in [3.63, 3.8) is 0 Å². The van der Waals surface area contributed by atoms with Crippen LogP contribution in [-0.4, -0.2) is 37.1 Å². The van der Waals surface area contributed by atoms with Gasteiger partial charge in [-0.1, -0.05) is 6.92 Å². The lowest BCUT2D eigenvalue weighted by atomic mass is 10.1. The summed E-state index contributed by atoms with van der Waals surface area (Å²) in [5, 5.41) is 0. The van der Waals surface area contributed by atoms with Gasteiger partial charge < -0.3 is 14.1 Å². The Labute approximate surface area is 114 Å². The quantitative estimate of drug-likeness (QED) is 0.822. The number of hydrogen-bond donors (Lipinski definition) is 0. The molecule has 1 aromatic heterocycles. The second kappa shape index (κ2) is 6.24. The Kier molecular flexibility index (Phi) is 4.64.